The Balaban J connectivity index is 1.83. The topological polar surface area (TPSA) is 246 Å². The average Bonchev–Trinajstić information content (AvgIpc) is 2.76. The van der Waals surface area contributed by atoms with Gasteiger partial charge in [-0.15, -0.1) is 0 Å². The van der Waals surface area contributed by atoms with Crippen LogP contribution in [0.4, 0.5) is 27.7 Å². The fraction of sp³-hybridized carbons (Fsp3) is 0. The normalized spacial score (nSPS) is 12.4. The molecule has 0 aliphatic carbocycles. The summed E-state index contributed by atoms with van der Waals surface area (Å²) in [7, 11) is -14.5. The molecule has 4 aromatic rings. The molecule has 0 unspecified atom stereocenters. The minimum atomic E-state index is -4.96. The standard InChI is InChI=1S/C19H14FN5O10S3/c20-17-23-18(21-12-7-10(36(27,28)29)4-5-15(12)38(33,34)35)25-19(24-17)22-13-8-11(37(30,31)32)6-9-2-1-3-14(26)16(9)13/h1-8,26H,(H,27,28,29)(H,30,31,32)(H,33,34,35)(H2,21,22,23,24,25). The largest absolute Gasteiger partial charge is 0.507 e. The number of hydrogen-bond acceptors (Lipinski definition) is 12. The van der Waals surface area contributed by atoms with Gasteiger partial charge in [0.2, 0.25) is 11.9 Å². The van der Waals surface area contributed by atoms with Gasteiger partial charge in [0.15, 0.2) is 0 Å². The summed E-state index contributed by atoms with van der Waals surface area (Å²) in [4.78, 5) is 8.24. The van der Waals surface area contributed by atoms with E-state index in [-0.39, 0.29) is 22.2 Å². The summed E-state index contributed by atoms with van der Waals surface area (Å²) >= 11 is 0. The second kappa shape index (κ2) is 9.38. The quantitative estimate of drug-likeness (QED) is 0.169. The van der Waals surface area contributed by atoms with E-state index in [1.807, 2.05) is 0 Å². The number of aromatic hydroxyl groups is 1. The molecule has 4 rings (SSSR count). The molecule has 0 atom stereocenters. The van der Waals surface area contributed by atoms with Crippen LogP contribution in [0.25, 0.3) is 10.8 Å². The molecule has 15 nitrogen and oxygen atoms in total. The number of fused-ring (bicyclic) bond motifs is 1. The first-order chi connectivity index (χ1) is 17.5. The Bertz CT molecular complexity index is 1930. The van der Waals surface area contributed by atoms with Gasteiger partial charge in [-0.3, -0.25) is 13.7 Å². The number of hydrogen-bond donors (Lipinski definition) is 6. The van der Waals surface area contributed by atoms with Gasteiger partial charge >= 0.3 is 6.08 Å². The maximum absolute atomic E-state index is 14.3. The molecule has 0 aliphatic rings. The van der Waals surface area contributed by atoms with Gasteiger partial charge in [0.25, 0.3) is 30.4 Å². The van der Waals surface area contributed by atoms with E-state index in [1.165, 1.54) is 18.2 Å². The molecule has 1 heterocycles. The molecule has 0 fully saturated rings. The van der Waals surface area contributed by atoms with E-state index in [9.17, 15) is 48.4 Å². The lowest BCUT2D eigenvalue weighted by Gasteiger charge is -2.13. The Morgan fingerprint density at radius 2 is 1.26 bits per heavy atom. The van der Waals surface area contributed by atoms with Gasteiger partial charge in [0.1, 0.15) is 10.6 Å². The highest BCUT2D eigenvalue weighted by molar-refractivity contribution is 7.86. The van der Waals surface area contributed by atoms with Gasteiger partial charge in [-0.2, -0.15) is 44.6 Å². The monoisotopic (exact) mass is 587 g/mol. The molecule has 3 aromatic carbocycles. The molecule has 0 aliphatic heterocycles. The summed E-state index contributed by atoms with van der Waals surface area (Å²) < 4.78 is 112. The van der Waals surface area contributed by atoms with Gasteiger partial charge in [-0.1, -0.05) is 12.1 Å². The Morgan fingerprint density at radius 3 is 1.84 bits per heavy atom. The third-order valence-electron chi connectivity index (χ3n) is 4.85. The van der Waals surface area contributed by atoms with Crippen LogP contribution in [-0.2, 0) is 30.4 Å². The zero-order valence-electron chi connectivity index (χ0n) is 18.3. The smallest absolute Gasteiger partial charge is 0.315 e. The molecule has 0 saturated heterocycles. The number of rotatable bonds is 7. The molecule has 38 heavy (non-hydrogen) atoms. The second-order valence-electron chi connectivity index (χ2n) is 7.43. The first-order valence-corrected chi connectivity index (χ1v) is 14.1. The van der Waals surface area contributed by atoms with Gasteiger partial charge in [0.05, 0.1) is 21.2 Å². The number of nitrogens with zero attached hydrogens (tertiary/aromatic N) is 3. The molecule has 0 saturated carbocycles. The molecule has 6 N–H and O–H groups in total. The molecule has 200 valence electrons. The molecule has 0 spiro atoms. The molecule has 19 heteroatoms. The Kier molecular flexibility index (Phi) is 6.67. The zero-order chi connectivity index (χ0) is 28.0. The van der Waals surface area contributed by atoms with E-state index in [4.69, 9.17) is 0 Å². The maximum Gasteiger partial charge on any atom is 0.315 e. The van der Waals surface area contributed by atoms with E-state index in [1.54, 1.807) is 0 Å². The fourth-order valence-corrected chi connectivity index (χ4v) is 5.00. The summed E-state index contributed by atoms with van der Waals surface area (Å²) in [5, 5.41) is 15.1. The summed E-state index contributed by atoms with van der Waals surface area (Å²) in [5.41, 5.74) is -0.868. The number of halogens is 1. The highest BCUT2D eigenvalue weighted by Gasteiger charge is 2.22. The van der Waals surface area contributed by atoms with Crippen LogP contribution in [0.3, 0.4) is 0 Å². The lowest BCUT2D eigenvalue weighted by molar-refractivity contribution is 0.479. The van der Waals surface area contributed by atoms with Crippen LogP contribution in [0.2, 0.25) is 0 Å². The first-order valence-electron chi connectivity index (χ1n) is 9.80. The van der Waals surface area contributed by atoms with Crippen molar-refractivity contribution >= 4 is 64.4 Å². The van der Waals surface area contributed by atoms with Crippen molar-refractivity contribution in [1.29, 1.82) is 0 Å². The number of anilines is 4. The van der Waals surface area contributed by atoms with E-state index < -0.39 is 68.7 Å². The van der Waals surface area contributed by atoms with Crippen LogP contribution in [0.5, 0.6) is 5.75 Å². The van der Waals surface area contributed by atoms with Crippen LogP contribution in [0.15, 0.2) is 63.2 Å². The fourth-order valence-electron chi connectivity index (χ4n) is 3.32. The number of aromatic nitrogens is 3. The molecule has 0 amide bonds. The van der Waals surface area contributed by atoms with Crippen LogP contribution < -0.4 is 10.6 Å². The van der Waals surface area contributed by atoms with Crippen molar-refractivity contribution in [1.82, 2.24) is 15.0 Å². The van der Waals surface area contributed by atoms with E-state index in [0.29, 0.717) is 18.2 Å². The molecule has 0 radical (unpaired) electrons. The lowest BCUT2D eigenvalue weighted by Crippen LogP contribution is -2.10. The predicted molar refractivity (Wildman–Crippen MR) is 128 cm³/mol. The van der Waals surface area contributed by atoms with Crippen LogP contribution in [-0.4, -0.2) is 59.0 Å². The van der Waals surface area contributed by atoms with E-state index in [2.05, 4.69) is 25.6 Å². The van der Waals surface area contributed by atoms with Gasteiger partial charge < -0.3 is 15.7 Å². The second-order valence-corrected chi connectivity index (χ2v) is 11.7. The minimum Gasteiger partial charge on any atom is -0.507 e. The summed E-state index contributed by atoms with van der Waals surface area (Å²) in [6.07, 6.45) is -1.45. The highest BCUT2D eigenvalue weighted by atomic mass is 32.2. The van der Waals surface area contributed by atoms with Crippen molar-refractivity contribution in [2.45, 2.75) is 14.7 Å². The minimum absolute atomic E-state index is 0.0322. The SMILES string of the molecule is O=S(=O)(O)c1ccc(S(=O)(=O)O)c(Nc2nc(F)nc(Nc3cc(S(=O)(=O)O)cc4cccc(O)c34)n2)c1. The van der Waals surface area contributed by atoms with Crippen LogP contribution in [0.1, 0.15) is 0 Å². The number of phenols is 1. The third kappa shape index (κ3) is 5.77. The molecule has 1 aromatic heterocycles. The van der Waals surface area contributed by atoms with Crippen molar-refractivity contribution in [3.63, 3.8) is 0 Å². The Hall–Kier alpha value is -4.01. The Labute approximate surface area is 213 Å². The van der Waals surface area contributed by atoms with E-state index in [0.717, 1.165) is 12.1 Å². The van der Waals surface area contributed by atoms with Crippen molar-refractivity contribution in [2.75, 3.05) is 10.6 Å². The summed E-state index contributed by atoms with van der Waals surface area (Å²) in [6.45, 7) is 0. The zero-order valence-corrected chi connectivity index (χ0v) is 20.8. The van der Waals surface area contributed by atoms with Crippen LogP contribution >= 0.6 is 0 Å². The Morgan fingerprint density at radius 1 is 0.684 bits per heavy atom. The average molecular weight is 588 g/mol. The third-order valence-corrected chi connectivity index (χ3v) is 7.45. The van der Waals surface area contributed by atoms with Crippen molar-refractivity contribution in [3.05, 3.63) is 54.6 Å². The van der Waals surface area contributed by atoms with E-state index >= 15 is 0 Å². The maximum atomic E-state index is 14.3. The van der Waals surface area contributed by atoms with Gasteiger partial charge in [-0.25, -0.2) is 0 Å². The molecular formula is C19H14FN5O10S3. The number of nitrogens with one attached hydrogen (secondary N) is 2. The first kappa shape index (κ1) is 27.0. The summed E-state index contributed by atoms with van der Waals surface area (Å²) in [6, 6.07) is 7.97. The number of benzene rings is 3. The van der Waals surface area contributed by atoms with Gasteiger partial charge in [-0.05, 0) is 41.8 Å². The highest BCUT2D eigenvalue weighted by Crippen LogP contribution is 2.35. The molecular weight excluding hydrogens is 573 g/mol. The van der Waals surface area contributed by atoms with Gasteiger partial charge in [0, 0.05) is 5.39 Å². The van der Waals surface area contributed by atoms with Crippen LogP contribution in [0, 0.1) is 6.08 Å². The van der Waals surface area contributed by atoms with Crippen molar-refractivity contribution in [2.24, 2.45) is 0 Å². The summed E-state index contributed by atoms with van der Waals surface area (Å²) in [5.74, 6) is -1.67. The lowest BCUT2D eigenvalue weighted by atomic mass is 10.1. The predicted octanol–water partition coefficient (Wildman–Crippen LogP) is 2.10. The molecule has 0 bridgehead atoms. The van der Waals surface area contributed by atoms with Crippen molar-refractivity contribution in [3.8, 4) is 5.75 Å². The number of phenolic OH excluding ortho intramolecular Hbond substituents is 1. The van der Waals surface area contributed by atoms with Crippen molar-refractivity contribution < 1.29 is 48.4 Å².